The summed E-state index contributed by atoms with van der Waals surface area (Å²) < 4.78 is 12.7. The molecule has 0 aliphatic carbocycles. The van der Waals surface area contributed by atoms with Gasteiger partial charge in [0.15, 0.2) is 6.29 Å². The predicted molar refractivity (Wildman–Crippen MR) is 266 cm³/mol. The van der Waals surface area contributed by atoms with Crippen LogP contribution in [0.2, 0.25) is 0 Å². The summed E-state index contributed by atoms with van der Waals surface area (Å²) in [4.78, 5) is 2.33. The average molecular weight is 840 g/mol. The molecule has 342 valence electrons. The number of rotatable bonds is 42. The smallest absolute Gasteiger partial charge is 0.157 e. The van der Waals surface area contributed by atoms with Crippen molar-refractivity contribution in [3.63, 3.8) is 0 Å². The molecule has 1 rings (SSSR count). The summed E-state index contributed by atoms with van der Waals surface area (Å²) in [5, 5.41) is 9.98. The summed E-state index contributed by atoms with van der Waals surface area (Å²) in [6.45, 7) is 7.36. The molecule has 1 N–H and O–H groups in total. The standard InChI is InChI=1S/C52H91NO3.C2H6S/c1-4-6-8-10-12-14-16-18-20-22-24-26-28-30-33-40-46-55-52(44-38-31-29-27-25-23-21-19-17-15-13-11-9-7-5-2)56-47-41-34-32-39-45-53(3)51(49-54)48-50-42-36-35-37-43-50;1-3-2/h12-15,18-21,35-37,42-43,51-52,54H,4-11,16-17,22-34,38-41,44-49H2,1-3H3;1-2H3/b14-12-,15-13-,20-18-,21-19-;. The van der Waals surface area contributed by atoms with Crippen LogP contribution in [0.15, 0.2) is 78.9 Å². The molecule has 1 aromatic carbocycles. The fourth-order valence-electron chi connectivity index (χ4n) is 7.10. The van der Waals surface area contributed by atoms with Crippen LogP contribution in [0.25, 0.3) is 0 Å². The predicted octanol–water partition coefficient (Wildman–Crippen LogP) is 16.0. The second kappa shape index (κ2) is 49.0. The van der Waals surface area contributed by atoms with Crippen molar-refractivity contribution in [3.05, 3.63) is 84.5 Å². The van der Waals surface area contributed by atoms with E-state index in [-0.39, 0.29) is 18.9 Å². The number of likely N-dealkylation sites (N-methyl/N-ethyl adjacent to an activating group) is 1. The van der Waals surface area contributed by atoms with Gasteiger partial charge in [-0.15, -0.1) is 0 Å². The highest BCUT2D eigenvalue weighted by Crippen LogP contribution is 2.15. The van der Waals surface area contributed by atoms with Crippen molar-refractivity contribution < 1.29 is 14.6 Å². The van der Waals surface area contributed by atoms with E-state index in [1.807, 2.05) is 12.5 Å². The Morgan fingerprint density at radius 3 is 1.41 bits per heavy atom. The zero-order valence-corrected chi connectivity index (χ0v) is 40.4. The average Bonchev–Trinajstić information content (AvgIpc) is 3.25. The molecular formula is C54H97NO3S. The molecule has 59 heavy (non-hydrogen) atoms. The van der Waals surface area contributed by atoms with Gasteiger partial charge < -0.3 is 19.5 Å². The van der Waals surface area contributed by atoms with Gasteiger partial charge in [0.1, 0.15) is 0 Å². The Hall–Kier alpha value is -1.63. The molecule has 0 aliphatic heterocycles. The van der Waals surface area contributed by atoms with Gasteiger partial charge in [0.25, 0.3) is 0 Å². The molecule has 5 heteroatoms. The maximum Gasteiger partial charge on any atom is 0.157 e. The van der Waals surface area contributed by atoms with Crippen LogP contribution in [0.4, 0.5) is 0 Å². The van der Waals surface area contributed by atoms with Gasteiger partial charge in [0.05, 0.1) is 6.61 Å². The van der Waals surface area contributed by atoms with Crippen molar-refractivity contribution in [1.82, 2.24) is 4.90 Å². The zero-order valence-electron chi connectivity index (χ0n) is 39.6. The van der Waals surface area contributed by atoms with Gasteiger partial charge in [-0.2, -0.15) is 11.8 Å². The topological polar surface area (TPSA) is 41.9 Å². The van der Waals surface area contributed by atoms with Crippen LogP contribution in [-0.2, 0) is 15.9 Å². The number of ether oxygens (including phenoxy) is 2. The number of benzene rings is 1. The Labute approximate surface area is 372 Å². The first-order chi connectivity index (χ1) is 29.1. The van der Waals surface area contributed by atoms with Crippen LogP contribution < -0.4 is 0 Å². The Morgan fingerprint density at radius 1 is 0.542 bits per heavy atom. The minimum Gasteiger partial charge on any atom is -0.395 e. The van der Waals surface area contributed by atoms with Crippen LogP contribution in [-0.4, -0.2) is 68.3 Å². The summed E-state index contributed by atoms with van der Waals surface area (Å²) in [6.07, 6.45) is 58.4. The molecule has 0 bridgehead atoms. The lowest BCUT2D eigenvalue weighted by atomic mass is 10.1. The van der Waals surface area contributed by atoms with Gasteiger partial charge in [-0.05, 0) is 134 Å². The first-order valence-electron chi connectivity index (χ1n) is 24.7. The number of allylic oxidation sites excluding steroid dienone is 8. The maximum absolute atomic E-state index is 9.98. The van der Waals surface area contributed by atoms with E-state index in [0.717, 1.165) is 64.7 Å². The second-order valence-electron chi connectivity index (χ2n) is 16.6. The molecule has 1 aromatic rings. The molecule has 0 saturated carbocycles. The minimum atomic E-state index is -0.0552. The van der Waals surface area contributed by atoms with E-state index in [0.29, 0.717) is 0 Å². The van der Waals surface area contributed by atoms with Gasteiger partial charge in [-0.3, -0.25) is 0 Å². The van der Waals surface area contributed by atoms with Gasteiger partial charge in [-0.25, -0.2) is 0 Å². The van der Waals surface area contributed by atoms with E-state index in [2.05, 4.69) is 105 Å². The van der Waals surface area contributed by atoms with E-state index in [1.54, 1.807) is 11.8 Å². The van der Waals surface area contributed by atoms with E-state index in [1.165, 1.54) is 147 Å². The molecular weight excluding hydrogens is 743 g/mol. The molecule has 0 spiro atoms. The number of hydrogen-bond donors (Lipinski definition) is 1. The Bertz CT molecular complexity index is 1060. The van der Waals surface area contributed by atoms with Crippen molar-refractivity contribution >= 4 is 11.8 Å². The SMILES string of the molecule is CCCCC/C=C\C/C=C\CCCCCCCCOC(CCCCCCC/C=C\C/C=C\CCCCC)OCCCCCCN(C)C(CO)Cc1ccccc1.CSC. The summed E-state index contributed by atoms with van der Waals surface area (Å²) in [5.74, 6) is 0. The first-order valence-corrected chi connectivity index (χ1v) is 26.3. The van der Waals surface area contributed by atoms with Crippen LogP contribution >= 0.6 is 11.8 Å². The van der Waals surface area contributed by atoms with Crippen LogP contribution in [0.5, 0.6) is 0 Å². The normalized spacial score (nSPS) is 13.1. The summed E-state index contributed by atoms with van der Waals surface area (Å²) in [5.41, 5.74) is 1.29. The van der Waals surface area contributed by atoms with Gasteiger partial charge in [-0.1, -0.05) is 176 Å². The van der Waals surface area contributed by atoms with Crippen molar-refractivity contribution in [1.29, 1.82) is 0 Å². The molecule has 0 aliphatic rings. The second-order valence-corrected chi connectivity index (χ2v) is 17.4. The third-order valence-electron chi connectivity index (χ3n) is 10.9. The van der Waals surface area contributed by atoms with Crippen molar-refractivity contribution in [2.75, 3.05) is 45.9 Å². The summed E-state index contributed by atoms with van der Waals surface area (Å²) in [6, 6.07) is 10.7. The molecule has 2 atom stereocenters. The van der Waals surface area contributed by atoms with Crippen molar-refractivity contribution in [2.45, 2.75) is 212 Å². The highest BCUT2D eigenvalue weighted by atomic mass is 32.2. The highest BCUT2D eigenvalue weighted by Gasteiger charge is 2.14. The molecule has 2 unspecified atom stereocenters. The number of thioether (sulfide) groups is 1. The number of aliphatic hydroxyl groups is 1. The third-order valence-corrected chi connectivity index (χ3v) is 10.9. The fourth-order valence-corrected chi connectivity index (χ4v) is 7.10. The van der Waals surface area contributed by atoms with Gasteiger partial charge in [0.2, 0.25) is 0 Å². The lowest BCUT2D eigenvalue weighted by Crippen LogP contribution is -2.37. The summed E-state index contributed by atoms with van der Waals surface area (Å²) >= 11 is 1.75. The van der Waals surface area contributed by atoms with Gasteiger partial charge >= 0.3 is 0 Å². The number of hydrogen-bond acceptors (Lipinski definition) is 5. The molecule has 0 heterocycles. The molecule has 0 aromatic heterocycles. The van der Waals surface area contributed by atoms with Crippen molar-refractivity contribution in [3.8, 4) is 0 Å². The first kappa shape index (κ1) is 57.4. The maximum atomic E-state index is 9.98. The lowest BCUT2D eigenvalue weighted by molar-refractivity contribution is -0.148. The van der Waals surface area contributed by atoms with E-state index >= 15 is 0 Å². The quantitative estimate of drug-likeness (QED) is 0.0404. The van der Waals surface area contributed by atoms with Crippen LogP contribution in [0.1, 0.15) is 199 Å². The Balaban J connectivity index is 0.0000108. The third kappa shape index (κ3) is 42.8. The minimum absolute atomic E-state index is 0.0552. The number of aliphatic hydroxyl groups excluding tert-OH is 1. The summed E-state index contributed by atoms with van der Waals surface area (Å²) in [7, 11) is 2.15. The molecule has 0 saturated heterocycles. The molecule has 0 amide bonds. The van der Waals surface area contributed by atoms with E-state index in [9.17, 15) is 5.11 Å². The van der Waals surface area contributed by atoms with Crippen LogP contribution in [0.3, 0.4) is 0 Å². The van der Waals surface area contributed by atoms with E-state index < -0.39 is 0 Å². The largest absolute Gasteiger partial charge is 0.395 e. The Kier molecular flexibility index (Phi) is 47.7. The van der Waals surface area contributed by atoms with Crippen molar-refractivity contribution in [2.24, 2.45) is 0 Å². The molecule has 0 fully saturated rings. The number of unbranched alkanes of at least 4 members (excludes halogenated alkanes) is 20. The van der Waals surface area contributed by atoms with Gasteiger partial charge in [0, 0.05) is 19.3 Å². The molecule has 4 nitrogen and oxygen atoms in total. The number of nitrogens with zero attached hydrogens (tertiary/aromatic N) is 1. The van der Waals surface area contributed by atoms with E-state index in [4.69, 9.17) is 9.47 Å². The fraction of sp³-hybridized carbons (Fsp3) is 0.741. The van der Waals surface area contributed by atoms with Crippen LogP contribution in [0, 0.1) is 0 Å². The zero-order chi connectivity index (χ0) is 43.0. The monoisotopic (exact) mass is 840 g/mol. The molecule has 0 radical (unpaired) electrons. The Morgan fingerprint density at radius 2 is 0.949 bits per heavy atom. The highest BCUT2D eigenvalue weighted by molar-refractivity contribution is 7.97. The lowest BCUT2D eigenvalue weighted by Gasteiger charge is -2.26.